The highest BCUT2D eigenvalue weighted by Crippen LogP contribution is 2.68. The summed E-state index contributed by atoms with van der Waals surface area (Å²) in [6, 6.07) is 18.5. The van der Waals surface area contributed by atoms with Gasteiger partial charge in [-0.2, -0.15) is 0 Å². The molecule has 4 nitrogen and oxygen atoms in total. The molecule has 0 aromatic heterocycles. The number of halogens is 5. The van der Waals surface area contributed by atoms with Crippen LogP contribution in [0.2, 0.25) is 25.1 Å². The fourth-order valence-corrected chi connectivity index (χ4v) is 16.6. The second kappa shape index (κ2) is 14.9. The third-order valence-electron chi connectivity index (χ3n) is 4.89. The van der Waals surface area contributed by atoms with E-state index in [1.54, 1.807) is 19.1 Å². The van der Waals surface area contributed by atoms with E-state index in [-0.39, 0.29) is 31.7 Å². The van der Waals surface area contributed by atoms with Gasteiger partial charge in [-0.3, -0.25) is 4.57 Å². The summed E-state index contributed by atoms with van der Waals surface area (Å²) in [4.78, 5) is 0.339. The van der Waals surface area contributed by atoms with Crippen molar-refractivity contribution in [2.75, 3.05) is 19.8 Å². The summed E-state index contributed by atoms with van der Waals surface area (Å²) in [5, 5.41) is 1.70. The number of benzene rings is 3. The molecular formula is C25H25Cl5O4P2S2. The Morgan fingerprint density at radius 1 is 0.658 bits per heavy atom. The van der Waals surface area contributed by atoms with Gasteiger partial charge in [0.2, 0.25) is 0 Å². The van der Waals surface area contributed by atoms with E-state index in [0.717, 1.165) is 28.4 Å². The van der Waals surface area contributed by atoms with E-state index in [1.165, 1.54) is 0 Å². The van der Waals surface area contributed by atoms with Crippen LogP contribution in [-0.2, 0) is 18.1 Å². The first kappa shape index (κ1) is 32.7. The van der Waals surface area contributed by atoms with Crippen LogP contribution in [0.15, 0.2) is 65.6 Å². The summed E-state index contributed by atoms with van der Waals surface area (Å²) in [7, 11) is -3.09. The number of rotatable bonds is 12. The number of thioether (sulfide) groups is 1. The zero-order valence-electron chi connectivity index (χ0n) is 20.6. The Morgan fingerprint density at radius 2 is 1.08 bits per heavy atom. The molecule has 0 fully saturated rings. The molecule has 0 aliphatic carbocycles. The molecule has 38 heavy (non-hydrogen) atoms. The van der Waals surface area contributed by atoms with Crippen LogP contribution in [0.3, 0.4) is 0 Å². The van der Waals surface area contributed by atoms with Gasteiger partial charge < -0.3 is 13.6 Å². The lowest BCUT2D eigenvalue weighted by atomic mass is 10.3. The highest BCUT2D eigenvalue weighted by molar-refractivity contribution is 8.74. The van der Waals surface area contributed by atoms with Crippen molar-refractivity contribution in [1.29, 1.82) is 0 Å². The maximum Gasteiger partial charge on any atom is 0.292 e. The number of hydrogen-bond donors (Lipinski definition) is 0. The lowest BCUT2D eigenvalue weighted by Gasteiger charge is -2.31. The zero-order valence-corrected chi connectivity index (χ0v) is 27.8. The van der Waals surface area contributed by atoms with Crippen LogP contribution in [0.1, 0.15) is 20.8 Å². The van der Waals surface area contributed by atoms with Gasteiger partial charge in [0.1, 0.15) is 3.96 Å². The molecule has 0 spiro atoms. The van der Waals surface area contributed by atoms with Crippen molar-refractivity contribution in [3.63, 3.8) is 0 Å². The van der Waals surface area contributed by atoms with Crippen molar-refractivity contribution in [1.82, 2.24) is 0 Å². The molecule has 206 valence electrons. The van der Waals surface area contributed by atoms with E-state index >= 15 is 0 Å². The van der Waals surface area contributed by atoms with E-state index < -0.39 is 13.9 Å². The van der Waals surface area contributed by atoms with E-state index in [0.29, 0.717) is 27.4 Å². The van der Waals surface area contributed by atoms with Gasteiger partial charge in [0.05, 0.1) is 49.8 Å². The minimum atomic E-state index is -3.54. The van der Waals surface area contributed by atoms with Crippen LogP contribution < -0.4 is 10.6 Å². The predicted octanol–water partition coefficient (Wildman–Crippen LogP) is 10.7. The van der Waals surface area contributed by atoms with Gasteiger partial charge in [0.15, 0.2) is 7.34 Å². The van der Waals surface area contributed by atoms with Gasteiger partial charge in [-0.1, -0.05) is 118 Å². The second-order valence-corrected chi connectivity index (χ2v) is 18.0. The molecule has 0 radical (unpaired) electrons. The minimum absolute atomic E-state index is 0.0462. The quantitative estimate of drug-likeness (QED) is 0.0815. The molecule has 3 aromatic rings. The Hall–Kier alpha value is 0.220. The molecule has 0 N–H and O–H groups in total. The predicted molar refractivity (Wildman–Crippen MR) is 172 cm³/mol. The molecule has 0 bridgehead atoms. The molecule has 0 saturated heterocycles. The Labute approximate surface area is 257 Å². The van der Waals surface area contributed by atoms with E-state index in [9.17, 15) is 4.57 Å². The first-order chi connectivity index (χ1) is 18.1. The standard InChI is InChI=1S/C25H25Cl5O4P2S2/c1-4-32-35(33-5-2,17-13-9-7-10-14-17)25(37-24-22(29)20(27)19(26)21(28)23(24)30)38-36(31,34-6-3)18-15-11-8-12-16-18/h7-16H,4-6H2,1-3H3. The first-order valence-electron chi connectivity index (χ1n) is 11.4. The molecule has 1 unspecified atom stereocenters. The van der Waals surface area contributed by atoms with Gasteiger partial charge in [-0.25, -0.2) is 0 Å². The highest BCUT2D eigenvalue weighted by atomic mass is 35.5. The summed E-state index contributed by atoms with van der Waals surface area (Å²) in [5.74, 6) is 0. The van der Waals surface area contributed by atoms with Crippen molar-refractivity contribution in [2.24, 2.45) is 0 Å². The first-order valence-corrected chi connectivity index (χ1v) is 18.8. The molecular weight excluding hydrogens is 668 g/mol. The van der Waals surface area contributed by atoms with Crippen LogP contribution in [0, 0.1) is 0 Å². The molecule has 0 saturated carbocycles. The minimum Gasteiger partial charge on any atom is -0.333 e. The molecule has 3 aromatic carbocycles. The van der Waals surface area contributed by atoms with E-state index in [4.69, 9.17) is 71.6 Å². The van der Waals surface area contributed by atoms with Crippen LogP contribution in [0.4, 0.5) is 0 Å². The summed E-state index contributed by atoms with van der Waals surface area (Å²) < 4.78 is 33.9. The maximum absolute atomic E-state index is 14.5. The van der Waals surface area contributed by atoms with Crippen molar-refractivity contribution < 1.29 is 18.1 Å². The maximum atomic E-state index is 14.5. The summed E-state index contributed by atoms with van der Waals surface area (Å²) in [5.41, 5.74) is 0. The average Bonchev–Trinajstić information content (AvgIpc) is 2.93. The van der Waals surface area contributed by atoms with Crippen molar-refractivity contribution in [3.8, 4) is 0 Å². The van der Waals surface area contributed by atoms with Gasteiger partial charge in [-0.05, 0) is 44.3 Å². The Kier molecular flexibility index (Phi) is 12.8. The van der Waals surface area contributed by atoms with Gasteiger partial charge in [0, 0.05) is 10.6 Å². The van der Waals surface area contributed by atoms with Gasteiger partial charge in [0.25, 0.3) is 6.57 Å². The van der Waals surface area contributed by atoms with Crippen molar-refractivity contribution in [3.05, 3.63) is 85.8 Å². The zero-order chi connectivity index (χ0) is 27.9. The fraction of sp³-hybridized carbons (Fsp3) is 0.240. The molecule has 1 atom stereocenters. The SMILES string of the molecule is CCOP(=O)(SC(Sc1c(Cl)c(Cl)c(Cl)c(Cl)c1Cl)=P(OCC)(OCC)c1ccccc1)c1ccccc1. The second-order valence-electron chi connectivity index (χ2n) is 7.33. The van der Waals surface area contributed by atoms with Gasteiger partial charge in [-0.15, -0.1) is 0 Å². The summed E-state index contributed by atoms with van der Waals surface area (Å²) in [6.45, 7) is 2.86. The monoisotopic (exact) mass is 690 g/mol. The molecule has 0 aliphatic heterocycles. The Morgan fingerprint density at radius 3 is 1.53 bits per heavy atom. The lowest BCUT2D eigenvalue weighted by Crippen LogP contribution is -2.16. The Bertz CT molecular complexity index is 1320. The fourth-order valence-electron chi connectivity index (χ4n) is 3.32. The normalized spacial score (nSPS) is 13.4. The van der Waals surface area contributed by atoms with E-state index in [2.05, 4.69) is 0 Å². The molecule has 0 amide bonds. The number of hydrogen-bond acceptors (Lipinski definition) is 6. The van der Waals surface area contributed by atoms with Crippen LogP contribution >= 0.6 is 95.1 Å². The molecule has 13 heteroatoms. The Balaban J connectivity index is 2.42. The average molecular weight is 693 g/mol. The van der Waals surface area contributed by atoms with E-state index in [1.807, 2.05) is 62.4 Å². The van der Waals surface area contributed by atoms with Gasteiger partial charge >= 0.3 is 0 Å². The third kappa shape index (κ3) is 7.16. The largest absolute Gasteiger partial charge is 0.333 e. The topological polar surface area (TPSA) is 44.8 Å². The smallest absolute Gasteiger partial charge is 0.292 e. The summed E-state index contributed by atoms with van der Waals surface area (Å²) in [6.07, 6.45) is 0. The van der Waals surface area contributed by atoms with Crippen LogP contribution in [0.25, 0.3) is 0 Å². The summed E-state index contributed by atoms with van der Waals surface area (Å²) >= 11 is 34.6. The van der Waals surface area contributed by atoms with Crippen molar-refractivity contribution in [2.45, 2.75) is 25.7 Å². The molecule has 3 rings (SSSR count). The highest BCUT2D eigenvalue weighted by Gasteiger charge is 2.38. The third-order valence-corrected chi connectivity index (χ3v) is 18.3. The molecule has 0 heterocycles. The molecule has 0 aliphatic rings. The van der Waals surface area contributed by atoms with Crippen molar-refractivity contribution >= 4 is 110 Å². The lowest BCUT2D eigenvalue weighted by molar-refractivity contribution is 0.273. The van der Waals surface area contributed by atoms with Crippen LogP contribution in [-0.4, -0.2) is 23.8 Å². The van der Waals surface area contributed by atoms with Crippen LogP contribution in [0.5, 0.6) is 0 Å².